The summed E-state index contributed by atoms with van der Waals surface area (Å²) in [5, 5.41) is 0. The average molecular weight is 410 g/mol. The van der Waals surface area contributed by atoms with Crippen LogP contribution >= 0.6 is 15.9 Å². The zero-order valence-corrected chi connectivity index (χ0v) is 14.8. The zero-order chi connectivity index (χ0) is 17.5. The number of aromatic amines is 2. The maximum absolute atomic E-state index is 12.8. The summed E-state index contributed by atoms with van der Waals surface area (Å²) >= 11 is 3.31. The van der Waals surface area contributed by atoms with Crippen LogP contribution in [0.15, 0.2) is 61.4 Å². The predicted octanol–water partition coefficient (Wildman–Crippen LogP) is 1.80. The van der Waals surface area contributed by atoms with E-state index >= 15 is 0 Å². The fraction of sp³-hybridized carbons (Fsp3) is 0.0667. The van der Waals surface area contributed by atoms with Crippen molar-refractivity contribution >= 4 is 42.7 Å². The molecule has 124 valence electrons. The molecular weight excluding hydrogens is 398 g/mol. The lowest BCUT2D eigenvalue weighted by Gasteiger charge is -2.20. The lowest BCUT2D eigenvalue weighted by molar-refractivity contribution is 0.594. The molecule has 0 spiro atoms. The molecule has 0 saturated carbocycles. The standard InChI is InChI=1S/C15H12BrN3O4S/c1-19(10-4-2-3-9(16)7-10)24(22,23)11-5-6-12-13(8-11)18-15(21)14(20)17-12/h2-8H,1H3,(H,17,20)(H,18,21). The SMILES string of the molecule is CN(c1cccc(Br)c1)S(=O)(=O)c1ccc2[nH]c(=O)c(=O)[nH]c2c1. The third kappa shape index (κ3) is 2.87. The van der Waals surface area contributed by atoms with Crippen LogP contribution in [0.4, 0.5) is 5.69 Å². The van der Waals surface area contributed by atoms with Gasteiger partial charge in [-0.3, -0.25) is 13.9 Å². The molecule has 1 heterocycles. The number of anilines is 1. The number of aromatic nitrogens is 2. The summed E-state index contributed by atoms with van der Waals surface area (Å²) in [6.45, 7) is 0. The number of hydrogen-bond donors (Lipinski definition) is 2. The fourth-order valence-electron chi connectivity index (χ4n) is 2.22. The van der Waals surface area contributed by atoms with Gasteiger partial charge in [-0.15, -0.1) is 0 Å². The zero-order valence-electron chi connectivity index (χ0n) is 12.4. The van der Waals surface area contributed by atoms with Crippen molar-refractivity contribution in [3.63, 3.8) is 0 Å². The van der Waals surface area contributed by atoms with Crippen LogP contribution in [0.25, 0.3) is 11.0 Å². The molecule has 0 unspecified atom stereocenters. The minimum Gasteiger partial charge on any atom is -0.316 e. The summed E-state index contributed by atoms with van der Waals surface area (Å²) in [7, 11) is -2.38. The van der Waals surface area contributed by atoms with E-state index in [0.29, 0.717) is 11.2 Å². The Hall–Kier alpha value is -2.39. The summed E-state index contributed by atoms with van der Waals surface area (Å²) in [5.74, 6) is 0. The maximum atomic E-state index is 12.8. The second-order valence-electron chi connectivity index (χ2n) is 5.07. The number of rotatable bonds is 3. The van der Waals surface area contributed by atoms with Crippen LogP contribution in [0.2, 0.25) is 0 Å². The van der Waals surface area contributed by atoms with Gasteiger partial charge in [0, 0.05) is 11.5 Å². The number of hydrogen-bond acceptors (Lipinski definition) is 4. The van der Waals surface area contributed by atoms with Gasteiger partial charge in [0.05, 0.1) is 21.6 Å². The van der Waals surface area contributed by atoms with Crippen LogP contribution in [0, 0.1) is 0 Å². The Morgan fingerprint density at radius 1 is 0.958 bits per heavy atom. The van der Waals surface area contributed by atoms with Gasteiger partial charge < -0.3 is 9.97 Å². The van der Waals surface area contributed by atoms with Crippen LogP contribution in [0.3, 0.4) is 0 Å². The van der Waals surface area contributed by atoms with Crippen LogP contribution in [0.5, 0.6) is 0 Å². The molecule has 1 aromatic heterocycles. The van der Waals surface area contributed by atoms with Crippen molar-refractivity contribution in [3.8, 4) is 0 Å². The second kappa shape index (κ2) is 5.91. The first kappa shape index (κ1) is 16.5. The molecule has 0 bridgehead atoms. The van der Waals surface area contributed by atoms with Gasteiger partial charge in [-0.05, 0) is 36.4 Å². The van der Waals surface area contributed by atoms with Crippen molar-refractivity contribution in [3.05, 3.63) is 67.6 Å². The number of nitrogens with zero attached hydrogens (tertiary/aromatic N) is 1. The first-order valence-corrected chi connectivity index (χ1v) is 9.03. The number of H-pyrrole nitrogens is 2. The molecule has 3 rings (SSSR count). The van der Waals surface area contributed by atoms with Crippen molar-refractivity contribution in [2.24, 2.45) is 0 Å². The molecule has 2 N–H and O–H groups in total. The van der Waals surface area contributed by atoms with E-state index in [1.165, 1.54) is 25.2 Å². The van der Waals surface area contributed by atoms with E-state index in [4.69, 9.17) is 0 Å². The Morgan fingerprint density at radius 2 is 1.62 bits per heavy atom. The van der Waals surface area contributed by atoms with E-state index in [2.05, 4.69) is 25.9 Å². The Balaban J connectivity index is 2.12. The summed E-state index contributed by atoms with van der Waals surface area (Å²) < 4.78 is 27.5. The molecule has 0 saturated heterocycles. The van der Waals surface area contributed by atoms with Crippen molar-refractivity contribution in [2.75, 3.05) is 11.4 Å². The molecule has 0 aliphatic rings. The summed E-state index contributed by atoms with van der Waals surface area (Å²) in [6, 6.07) is 11.0. The first-order valence-electron chi connectivity index (χ1n) is 6.80. The van der Waals surface area contributed by atoms with E-state index in [0.717, 1.165) is 8.78 Å². The molecule has 0 amide bonds. The molecule has 2 aromatic carbocycles. The molecule has 7 nitrogen and oxygen atoms in total. The van der Waals surface area contributed by atoms with Gasteiger partial charge >= 0.3 is 11.1 Å². The van der Waals surface area contributed by atoms with E-state index in [1.807, 2.05) is 0 Å². The molecular formula is C15H12BrN3O4S. The Morgan fingerprint density at radius 3 is 2.29 bits per heavy atom. The third-order valence-electron chi connectivity index (χ3n) is 3.52. The smallest absolute Gasteiger partial charge is 0.314 e. The summed E-state index contributed by atoms with van der Waals surface area (Å²) in [5.41, 5.74) is -0.548. The van der Waals surface area contributed by atoms with E-state index < -0.39 is 21.1 Å². The normalized spacial score (nSPS) is 11.6. The minimum absolute atomic E-state index is 0.000162. The lowest BCUT2D eigenvalue weighted by Crippen LogP contribution is -2.29. The van der Waals surface area contributed by atoms with Crippen LogP contribution in [-0.4, -0.2) is 25.4 Å². The van der Waals surface area contributed by atoms with Gasteiger partial charge in [0.15, 0.2) is 0 Å². The number of benzene rings is 2. The van der Waals surface area contributed by atoms with Gasteiger partial charge in [-0.2, -0.15) is 0 Å². The number of fused-ring (bicyclic) bond motifs is 1. The van der Waals surface area contributed by atoms with Crippen molar-refractivity contribution in [1.29, 1.82) is 0 Å². The quantitative estimate of drug-likeness (QED) is 0.643. The predicted molar refractivity (Wildman–Crippen MR) is 94.9 cm³/mol. The second-order valence-corrected chi connectivity index (χ2v) is 7.95. The number of sulfonamides is 1. The maximum Gasteiger partial charge on any atom is 0.314 e. The van der Waals surface area contributed by atoms with E-state index in [-0.39, 0.29) is 10.4 Å². The molecule has 0 aliphatic carbocycles. The van der Waals surface area contributed by atoms with E-state index in [1.54, 1.807) is 24.3 Å². The molecule has 0 aliphatic heterocycles. The highest BCUT2D eigenvalue weighted by molar-refractivity contribution is 9.10. The summed E-state index contributed by atoms with van der Waals surface area (Å²) in [6.07, 6.45) is 0. The van der Waals surface area contributed by atoms with E-state index in [9.17, 15) is 18.0 Å². The van der Waals surface area contributed by atoms with Crippen molar-refractivity contribution < 1.29 is 8.42 Å². The minimum atomic E-state index is -3.82. The lowest BCUT2D eigenvalue weighted by atomic mass is 10.3. The largest absolute Gasteiger partial charge is 0.316 e. The van der Waals surface area contributed by atoms with Gasteiger partial charge in [0.25, 0.3) is 10.0 Å². The Labute approximate surface area is 145 Å². The highest BCUT2D eigenvalue weighted by Gasteiger charge is 2.22. The summed E-state index contributed by atoms with van der Waals surface area (Å²) in [4.78, 5) is 27.5. The average Bonchev–Trinajstić information content (AvgIpc) is 2.54. The topological polar surface area (TPSA) is 103 Å². The molecule has 0 radical (unpaired) electrons. The highest BCUT2D eigenvalue weighted by atomic mass is 79.9. The monoisotopic (exact) mass is 409 g/mol. The van der Waals surface area contributed by atoms with Crippen LogP contribution in [-0.2, 0) is 10.0 Å². The van der Waals surface area contributed by atoms with Crippen LogP contribution in [0.1, 0.15) is 0 Å². The Bertz CT molecular complexity index is 1150. The molecule has 9 heteroatoms. The Kier molecular flexibility index (Phi) is 4.06. The molecule has 24 heavy (non-hydrogen) atoms. The van der Waals surface area contributed by atoms with Gasteiger partial charge in [-0.25, -0.2) is 8.42 Å². The fourth-order valence-corrected chi connectivity index (χ4v) is 3.82. The molecule has 0 atom stereocenters. The van der Waals surface area contributed by atoms with Crippen molar-refractivity contribution in [2.45, 2.75) is 4.90 Å². The highest BCUT2D eigenvalue weighted by Crippen LogP contribution is 2.25. The van der Waals surface area contributed by atoms with Crippen LogP contribution < -0.4 is 15.4 Å². The first-order chi connectivity index (χ1) is 11.3. The number of nitrogens with one attached hydrogen (secondary N) is 2. The van der Waals surface area contributed by atoms with Gasteiger partial charge in [0.1, 0.15) is 0 Å². The van der Waals surface area contributed by atoms with Gasteiger partial charge in [0.2, 0.25) is 0 Å². The van der Waals surface area contributed by atoms with Gasteiger partial charge in [-0.1, -0.05) is 22.0 Å². The van der Waals surface area contributed by atoms with Crippen molar-refractivity contribution in [1.82, 2.24) is 9.97 Å². The molecule has 3 aromatic rings. The molecule has 0 fully saturated rings. The number of halogens is 1. The third-order valence-corrected chi connectivity index (χ3v) is 5.80.